The maximum Gasteiger partial charge on any atom is 0.276 e. The van der Waals surface area contributed by atoms with Crippen LogP contribution in [0.25, 0.3) is 11.5 Å². The van der Waals surface area contributed by atoms with Gasteiger partial charge in [0.2, 0.25) is 16.7 Å². The minimum Gasteiger partial charge on any atom is -0.440 e. The van der Waals surface area contributed by atoms with Crippen LogP contribution >= 0.6 is 0 Å². The Bertz CT molecular complexity index is 985. The molecule has 0 aliphatic heterocycles. The van der Waals surface area contributed by atoms with E-state index >= 15 is 0 Å². The third kappa shape index (κ3) is 3.22. The first-order chi connectivity index (χ1) is 11.8. The predicted molar refractivity (Wildman–Crippen MR) is 86.0 cm³/mol. The zero-order valence-corrected chi connectivity index (χ0v) is 15.1. The molecule has 0 spiro atoms. The molecule has 0 atom stereocenters. The van der Waals surface area contributed by atoms with Crippen molar-refractivity contribution >= 4 is 10.0 Å². The molecule has 134 valence electrons. The highest BCUT2D eigenvalue weighted by molar-refractivity contribution is 7.88. The first-order valence-electron chi connectivity index (χ1n) is 7.63. The number of furan rings is 1. The fourth-order valence-electron chi connectivity index (χ4n) is 2.16. The average molecular weight is 366 g/mol. The molecular weight excluding hydrogens is 348 g/mol. The number of hydrogen-bond acceptors (Lipinski definition) is 8. The topological polar surface area (TPSA) is 115 Å². The van der Waals surface area contributed by atoms with Crippen LogP contribution in [0.2, 0.25) is 0 Å². The summed E-state index contributed by atoms with van der Waals surface area (Å²) in [4.78, 5) is 4.11. The van der Waals surface area contributed by atoms with E-state index < -0.39 is 10.0 Å². The highest BCUT2D eigenvalue weighted by atomic mass is 32.2. The first kappa shape index (κ1) is 17.4. The minimum atomic E-state index is -3.84. The Balaban J connectivity index is 1.83. The van der Waals surface area contributed by atoms with E-state index in [0.29, 0.717) is 23.8 Å². The van der Waals surface area contributed by atoms with Gasteiger partial charge in [0.15, 0.2) is 11.6 Å². The van der Waals surface area contributed by atoms with Gasteiger partial charge < -0.3 is 13.5 Å². The number of hydrogen-bond donors (Lipinski definition) is 0. The lowest BCUT2D eigenvalue weighted by Gasteiger charge is -2.12. The van der Waals surface area contributed by atoms with Gasteiger partial charge in [-0.1, -0.05) is 17.2 Å². The predicted octanol–water partition coefficient (Wildman–Crippen LogP) is 2.32. The summed E-state index contributed by atoms with van der Waals surface area (Å²) in [5, 5.41) is 7.40. The molecular formula is C15H18N4O5S. The van der Waals surface area contributed by atoms with Gasteiger partial charge in [0.1, 0.15) is 0 Å². The number of sulfonamides is 1. The molecule has 0 N–H and O–H groups in total. The van der Waals surface area contributed by atoms with E-state index in [0.717, 1.165) is 15.6 Å². The number of nitrogens with zero attached hydrogens (tertiary/aromatic N) is 4. The second-order valence-electron chi connectivity index (χ2n) is 5.56. The summed E-state index contributed by atoms with van der Waals surface area (Å²) in [5.41, 5.74) is 1.52. The van der Waals surface area contributed by atoms with Crippen LogP contribution in [0, 0.1) is 13.8 Å². The first-order valence-corrected chi connectivity index (χ1v) is 9.07. The zero-order valence-electron chi connectivity index (χ0n) is 14.3. The maximum atomic E-state index is 12.6. The highest BCUT2D eigenvalue weighted by Crippen LogP contribution is 2.29. The Labute approximate surface area is 144 Å². The van der Waals surface area contributed by atoms with Crippen molar-refractivity contribution in [1.82, 2.24) is 19.6 Å². The van der Waals surface area contributed by atoms with Crippen LogP contribution in [-0.4, -0.2) is 35.1 Å². The van der Waals surface area contributed by atoms with Crippen LogP contribution in [0.5, 0.6) is 0 Å². The van der Waals surface area contributed by atoms with Crippen LogP contribution in [0.3, 0.4) is 0 Å². The number of aromatic nitrogens is 3. The molecule has 0 bridgehead atoms. The standard InChI is InChI=1S/C15H18N4O5S/c1-5-13-16-12(18-23-13)8-19(4)25(20,21)14-7-6-11(22-14)15-9(2)10(3)17-24-15/h6-7H,5,8H2,1-4H3. The van der Waals surface area contributed by atoms with Crippen molar-refractivity contribution in [2.45, 2.75) is 38.8 Å². The molecule has 0 amide bonds. The maximum absolute atomic E-state index is 12.6. The van der Waals surface area contributed by atoms with Crippen molar-refractivity contribution in [2.75, 3.05) is 7.05 Å². The van der Waals surface area contributed by atoms with Gasteiger partial charge in [0, 0.05) is 19.0 Å². The lowest BCUT2D eigenvalue weighted by molar-refractivity contribution is 0.363. The Hall–Kier alpha value is -2.46. The van der Waals surface area contributed by atoms with E-state index in [1.165, 1.54) is 19.2 Å². The minimum absolute atomic E-state index is 0.0255. The molecule has 3 aromatic rings. The van der Waals surface area contributed by atoms with Crippen molar-refractivity contribution in [2.24, 2.45) is 0 Å². The van der Waals surface area contributed by atoms with Gasteiger partial charge in [-0.2, -0.15) is 9.29 Å². The summed E-state index contributed by atoms with van der Waals surface area (Å²) in [6, 6.07) is 2.92. The second kappa shape index (κ2) is 6.45. The molecule has 0 aromatic carbocycles. The van der Waals surface area contributed by atoms with E-state index in [-0.39, 0.29) is 17.5 Å². The number of rotatable bonds is 6. The lowest BCUT2D eigenvalue weighted by Crippen LogP contribution is -2.26. The van der Waals surface area contributed by atoms with Crippen molar-refractivity contribution in [1.29, 1.82) is 0 Å². The fourth-order valence-corrected chi connectivity index (χ4v) is 3.19. The molecule has 10 heteroatoms. The van der Waals surface area contributed by atoms with Crippen LogP contribution in [0.15, 0.2) is 30.7 Å². The summed E-state index contributed by atoms with van der Waals surface area (Å²) in [6.45, 7) is 5.47. The van der Waals surface area contributed by atoms with Gasteiger partial charge in [0.25, 0.3) is 10.0 Å². The van der Waals surface area contributed by atoms with Gasteiger partial charge in [-0.05, 0) is 26.0 Å². The van der Waals surface area contributed by atoms with Crippen molar-refractivity contribution in [3.63, 3.8) is 0 Å². The molecule has 3 heterocycles. The van der Waals surface area contributed by atoms with Gasteiger partial charge in [-0.3, -0.25) is 0 Å². The molecule has 0 aliphatic carbocycles. The van der Waals surface area contributed by atoms with E-state index in [1.54, 1.807) is 6.92 Å². The molecule has 0 radical (unpaired) electrons. The quantitative estimate of drug-likeness (QED) is 0.652. The van der Waals surface area contributed by atoms with Gasteiger partial charge >= 0.3 is 0 Å². The molecule has 0 saturated heterocycles. The summed E-state index contributed by atoms with van der Waals surface area (Å²) in [5.74, 6) is 1.46. The molecule has 0 aliphatic rings. The highest BCUT2D eigenvalue weighted by Gasteiger charge is 2.27. The molecule has 3 aromatic heterocycles. The third-order valence-corrected chi connectivity index (χ3v) is 5.48. The third-order valence-electron chi connectivity index (χ3n) is 3.80. The largest absolute Gasteiger partial charge is 0.440 e. The van der Waals surface area contributed by atoms with Crippen LogP contribution in [-0.2, 0) is 23.0 Å². The summed E-state index contributed by atoms with van der Waals surface area (Å²) in [6.07, 6.45) is 0.584. The van der Waals surface area contributed by atoms with Crippen molar-refractivity contribution < 1.29 is 21.9 Å². The van der Waals surface area contributed by atoms with Crippen LogP contribution in [0.4, 0.5) is 0 Å². The van der Waals surface area contributed by atoms with Gasteiger partial charge in [0.05, 0.1) is 12.2 Å². The van der Waals surface area contributed by atoms with Crippen molar-refractivity contribution in [3.8, 4) is 11.5 Å². The lowest BCUT2D eigenvalue weighted by atomic mass is 10.2. The average Bonchev–Trinajstić information content (AvgIpc) is 3.29. The van der Waals surface area contributed by atoms with E-state index in [4.69, 9.17) is 13.5 Å². The Kier molecular flexibility index (Phi) is 4.48. The van der Waals surface area contributed by atoms with Gasteiger partial charge in [-0.25, -0.2) is 8.42 Å². The Morgan fingerprint density at radius 3 is 2.52 bits per heavy atom. The molecule has 25 heavy (non-hydrogen) atoms. The Morgan fingerprint density at radius 1 is 1.16 bits per heavy atom. The molecule has 0 saturated carbocycles. The van der Waals surface area contributed by atoms with E-state index in [1.807, 2.05) is 13.8 Å². The molecule has 0 unspecified atom stereocenters. The van der Waals surface area contributed by atoms with Crippen LogP contribution < -0.4 is 0 Å². The SMILES string of the molecule is CCc1nc(CN(C)S(=O)(=O)c2ccc(-c3onc(C)c3C)o2)no1. The fraction of sp³-hybridized carbons (Fsp3) is 0.400. The van der Waals surface area contributed by atoms with E-state index in [2.05, 4.69) is 15.3 Å². The van der Waals surface area contributed by atoms with Gasteiger partial charge in [-0.15, -0.1) is 0 Å². The second-order valence-corrected chi connectivity index (χ2v) is 7.54. The monoisotopic (exact) mass is 366 g/mol. The zero-order chi connectivity index (χ0) is 18.2. The Morgan fingerprint density at radius 2 is 1.92 bits per heavy atom. The normalized spacial score (nSPS) is 12.2. The molecule has 9 nitrogen and oxygen atoms in total. The van der Waals surface area contributed by atoms with Crippen molar-refractivity contribution in [3.05, 3.63) is 35.1 Å². The molecule has 0 fully saturated rings. The van der Waals surface area contributed by atoms with E-state index in [9.17, 15) is 8.42 Å². The molecule has 3 rings (SSSR count). The van der Waals surface area contributed by atoms with Crippen LogP contribution in [0.1, 0.15) is 29.9 Å². The summed E-state index contributed by atoms with van der Waals surface area (Å²) in [7, 11) is -2.42. The summed E-state index contributed by atoms with van der Waals surface area (Å²) >= 11 is 0. The summed E-state index contributed by atoms with van der Waals surface area (Å²) < 4.78 is 42.1. The smallest absolute Gasteiger partial charge is 0.276 e. The number of aryl methyl sites for hydroxylation is 2.